The van der Waals surface area contributed by atoms with Gasteiger partial charge in [0.1, 0.15) is 0 Å². The van der Waals surface area contributed by atoms with Gasteiger partial charge in [-0.3, -0.25) is 0 Å². The van der Waals surface area contributed by atoms with Crippen molar-refractivity contribution in [3.8, 4) is 0 Å². The highest BCUT2D eigenvalue weighted by Gasteiger charge is 2.10. The number of rotatable bonds is 3. The molecule has 0 aromatic carbocycles. The lowest BCUT2D eigenvalue weighted by Gasteiger charge is -2.13. The standard InChI is InChI=1S/C8H17NO2/c1-10-6-3-8-7-9-4-2-5-11-8/h8-9H,2-7H2,1H3. The third-order valence-electron chi connectivity index (χ3n) is 1.87. The van der Waals surface area contributed by atoms with Crippen LogP contribution in [-0.2, 0) is 9.47 Å². The van der Waals surface area contributed by atoms with E-state index in [1.54, 1.807) is 7.11 Å². The highest BCUT2D eigenvalue weighted by atomic mass is 16.5. The summed E-state index contributed by atoms with van der Waals surface area (Å²) in [6.07, 6.45) is 2.49. The van der Waals surface area contributed by atoms with Gasteiger partial charge in [-0.15, -0.1) is 0 Å². The second kappa shape index (κ2) is 5.52. The number of hydrogen-bond donors (Lipinski definition) is 1. The molecule has 0 spiro atoms. The molecule has 0 amide bonds. The zero-order chi connectivity index (χ0) is 7.94. The van der Waals surface area contributed by atoms with Gasteiger partial charge in [-0.05, 0) is 19.4 Å². The van der Waals surface area contributed by atoms with E-state index in [-0.39, 0.29) is 0 Å². The summed E-state index contributed by atoms with van der Waals surface area (Å²) in [5, 5.41) is 3.33. The van der Waals surface area contributed by atoms with Crippen LogP contribution >= 0.6 is 0 Å². The minimum Gasteiger partial charge on any atom is -0.385 e. The van der Waals surface area contributed by atoms with Crippen LogP contribution in [0.3, 0.4) is 0 Å². The molecule has 0 aromatic rings. The minimum absolute atomic E-state index is 0.359. The van der Waals surface area contributed by atoms with Crippen molar-refractivity contribution < 1.29 is 9.47 Å². The molecule has 1 rings (SSSR count). The minimum atomic E-state index is 0.359. The first-order valence-electron chi connectivity index (χ1n) is 4.24. The highest BCUT2D eigenvalue weighted by Crippen LogP contribution is 2.01. The first-order chi connectivity index (χ1) is 5.43. The van der Waals surface area contributed by atoms with Crippen LogP contribution in [0.2, 0.25) is 0 Å². The van der Waals surface area contributed by atoms with E-state index in [1.807, 2.05) is 0 Å². The first-order valence-corrected chi connectivity index (χ1v) is 4.24. The van der Waals surface area contributed by atoms with Gasteiger partial charge >= 0.3 is 0 Å². The van der Waals surface area contributed by atoms with E-state index >= 15 is 0 Å². The van der Waals surface area contributed by atoms with Gasteiger partial charge in [0, 0.05) is 26.9 Å². The zero-order valence-electron chi connectivity index (χ0n) is 7.14. The molecule has 1 saturated heterocycles. The van der Waals surface area contributed by atoms with Crippen molar-refractivity contribution in [2.24, 2.45) is 0 Å². The number of methoxy groups -OCH3 is 1. The van der Waals surface area contributed by atoms with Crippen LogP contribution in [-0.4, -0.2) is 39.5 Å². The van der Waals surface area contributed by atoms with Gasteiger partial charge in [-0.1, -0.05) is 0 Å². The number of hydrogen-bond acceptors (Lipinski definition) is 3. The Morgan fingerprint density at radius 2 is 2.55 bits per heavy atom. The van der Waals surface area contributed by atoms with E-state index in [1.165, 1.54) is 0 Å². The Kier molecular flexibility index (Phi) is 4.50. The monoisotopic (exact) mass is 159 g/mol. The van der Waals surface area contributed by atoms with E-state index in [9.17, 15) is 0 Å². The molecule has 11 heavy (non-hydrogen) atoms. The van der Waals surface area contributed by atoms with E-state index < -0.39 is 0 Å². The molecule has 1 aliphatic heterocycles. The SMILES string of the molecule is COCCC1CNCCCO1. The Balaban J connectivity index is 2.09. The predicted octanol–water partition coefficient (Wildman–Crippen LogP) is 0.401. The molecule has 1 atom stereocenters. The second-order valence-electron chi connectivity index (χ2n) is 2.83. The first kappa shape index (κ1) is 8.97. The van der Waals surface area contributed by atoms with Crippen molar-refractivity contribution in [2.45, 2.75) is 18.9 Å². The lowest BCUT2D eigenvalue weighted by atomic mass is 10.2. The molecule has 0 aliphatic carbocycles. The molecule has 3 nitrogen and oxygen atoms in total. The third kappa shape index (κ3) is 3.70. The third-order valence-corrected chi connectivity index (χ3v) is 1.87. The van der Waals surface area contributed by atoms with Crippen LogP contribution in [0.4, 0.5) is 0 Å². The molecule has 0 aromatic heterocycles. The van der Waals surface area contributed by atoms with Crippen molar-refractivity contribution in [1.82, 2.24) is 5.32 Å². The molecule has 0 radical (unpaired) electrons. The van der Waals surface area contributed by atoms with Crippen LogP contribution in [0, 0.1) is 0 Å². The Hall–Kier alpha value is -0.120. The molecular weight excluding hydrogens is 142 g/mol. The quantitative estimate of drug-likeness (QED) is 0.646. The fourth-order valence-electron chi connectivity index (χ4n) is 1.20. The van der Waals surface area contributed by atoms with Gasteiger partial charge < -0.3 is 14.8 Å². The highest BCUT2D eigenvalue weighted by molar-refractivity contribution is 4.65. The Morgan fingerprint density at radius 1 is 1.64 bits per heavy atom. The average Bonchev–Trinajstić information content (AvgIpc) is 2.28. The van der Waals surface area contributed by atoms with Crippen molar-refractivity contribution >= 4 is 0 Å². The zero-order valence-corrected chi connectivity index (χ0v) is 7.14. The van der Waals surface area contributed by atoms with Crippen molar-refractivity contribution in [2.75, 3.05) is 33.4 Å². The summed E-state index contributed by atoms with van der Waals surface area (Å²) < 4.78 is 10.5. The summed E-state index contributed by atoms with van der Waals surface area (Å²) in [5.41, 5.74) is 0. The number of ether oxygens (including phenoxy) is 2. The maximum absolute atomic E-state index is 5.56. The van der Waals surface area contributed by atoms with Gasteiger partial charge in [0.2, 0.25) is 0 Å². The van der Waals surface area contributed by atoms with Crippen LogP contribution in [0.25, 0.3) is 0 Å². The van der Waals surface area contributed by atoms with E-state index in [0.29, 0.717) is 6.10 Å². The van der Waals surface area contributed by atoms with Crippen LogP contribution in [0.5, 0.6) is 0 Å². The van der Waals surface area contributed by atoms with Crippen molar-refractivity contribution in [3.63, 3.8) is 0 Å². The van der Waals surface area contributed by atoms with Gasteiger partial charge in [0.15, 0.2) is 0 Å². The number of nitrogens with one attached hydrogen (secondary N) is 1. The van der Waals surface area contributed by atoms with Gasteiger partial charge in [-0.25, -0.2) is 0 Å². The van der Waals surface area contributed by atoms with Gasteiger partial charge in [-0.2, -0.15) is 0 Å². The van der Waals surface area contributed by atoms with Gasteiger partial charge in [0.05, 0.1) is 6.10 Å². The molecule has 1 aliphatic rings. The van der Waals surface area contributed by atoms with E-state index in [0.717, 1.165) is 39.1 Å². The van der Waals surface area contributed by atoms with Gasteiger partial charge in [0.25, 0.3) is 0 Å². The lowest BCUT2D eigenvalue weighted by Crippen LogP contribution is -2.27. The Labute approximate surface area is 68.1 Å². The molecule has 1 heterocycles. The molecule has 1 N–H and O–H groups in total. The summed E-state index contributed by atoms with van der Waals surface area (Å²) in [4.78, 5) is 0. The van der Waals surface area contributed by atoms with Crippen LogP contribution in [0.1, 0.15) is 12.8 Å². The molecule has 66 valence electrons. The fourth-order valence-corrected chi connectivity index (χ4v) is 1.20. The summed E-state index contributed by atoms with van der Waals surface area (Å²) in [5.74, 6) is 0. The summed E-state index contributed by atoms with van der Waals surface area (Å²) in [6, 6.07) is 0. The second-order valence-corrected chi connectivity index (χ2v) is 2.83. The summed E-state index contributed by atoms with van der Waals surface area (Å²) in [7, 11) is 1.73. The summed E-state index contributed by atoms with van der Waals surface area (Å²) in [6.45, 7) is 3.75. The Morgan fingerprint density at radius 3 is 3.36 bits per heavy atom. The van der Waals surface area contributed by atoms with Crippen LogP contribution in [0.15, 0.2) is 0 Å². The molecule has 3 heteroatoms. The Bertz CT molecular complexity index is 90.1. The van der Waals surface area contributed by atoms with Crippen LogP contribution < -0.4 is 5.32 Å². The average molecular weight is 159 g/mol. The molecule has 0 bridgehead atoms. The maximum Gasteiger partial charge on any atom is 0.0721 e. The predicted molar refractivity (Wildman–Crippen MR) is 43.7 cm³/mol. The molecular formula is C8H17NO2. The smallest absolute Gasteiger partial charge is 0.0721 e. The molecule has 0 saturated carbocycles. The van der Waals surface area contributed by atoms with E-state index in [4.69, 9.17) is 9.47 Å². The molecule has 1 unspecified atom stereocenters. The fraction of sp³-hybridized carbons (Fsp3) is 1.00. The lowest BCUT2D eigenvalue weighted by molar-refractivity contribution is 0.0412. The maximum atomic E-state index is 5.56. The summed E-state index contributed by atoms with van der Waals surface area (Å²) >= 11 is 0. The topological polar surface area (TPSA) is 30.5 Å². The van der Waals surface area contributed by atoms with Crippen molar-refractivity contribution in [1.29, 1.82) is 0 Å². The largest absolute Gasteiger partial charge is 0.385 e. The van der Waals surface area contributed by atoms with E-state index in [2.05, 4.69) is 5.32 Å². The normalized spacial score (nSPS) is 26.5. The van der Waals surface area contributed by atoms with Crippen molar-refractivity contribution in [3.05, 3.63) is 0 Å². The molecule has 1 fully saturated rings.